The number of nitrogens with one attached hydrogen (secondary N) is 2. The summed E-state index contributed by atoms with van der Waals surface area (Å²) in [5, 5.41) is 9.61. The second-order valence-corrected chi connectivity index (χ2v) is 4.33. The van der Waals surface area contributed by atoms with Crippen molar-refractivity contribution >= 4 is 11.6 Å². The summed E-state index contributed by atoms with van der Waals surface area (Å²) < 4.78 is 5.14. The van der Waals surface area contributed by atoms with E-state index in [1.165, 1.54) is 5.56 Å². The molecule has 1 aromatic carbocycles. The predicted molar refractivity (Wildman–Crippen MR) is 69.9 cm³/mol. The average Bonchev–Trinajstić information content (AvgIpc) is 3.07. The second-order valence-electron chi connectivity index (χ2n) is 4.33. The molecule has 0 radical (unpaired) electrons. The zero-order valence-corrected chi connectivity index (χ0v) is 10.6. The van der Waals surface area contributed by atoms with Crippen LogP contribution in [0.25, 0.3) is 11.5 Å². The predicted octanol–water partition coefficient (Wildman–Crippen LogP) is 1.45. The minimum atomic E-state index is -0.319. The molecule has 1 aliphatic rings. The number of hydrogen-bond acceptors (Lipinski definition) is 5. The highest BCUT2D eigenvalue weighted by atomic mass is 16.5. The van der Waals surface area contributed by atoms with Gasteiger partial charge in [-0.2, -0.15) is 4.98 Å². The molecule has 0 saturated carbocycles. The molecule has 98 valence electrons. The molecular weight excluding hydrogens is 244 g/mol. The van der Waals surface area contributed by atoms with Crippen LogP contribution in [0.3, 0.4) is 0 Å². The van der Waals surface area contributed by atoms with Crippen LogP contribution in [0.5, 0.6) is 0 Å². The van der Waals surface area contributed by atoms with E-state index in [-0.39, 0.29) is 11.7 Å². The fourth-order valence-electron chi connectivity index (χ4n) is 2.11. The van der Waals surface area contributed by atoms with Crippen molar-refractivity contribution in [1.29, 1.82) is 0 Å². The third kappa shape index (κ3) is 2.16. The summed E-state index contributed by atoms with van der Waals surface area (Å²) >= 11 is 0. The number of aromatic nitrogens is 2. The van der Waals surface area contributed by atoms with Gasteiger partial charge in [0, 0.05) is 24.3 Å². The molecule has 0 aliphatic carbocycles. The molecule has 1 amide bonds. The molecule has 2 N–H and O–H groups in total. The van der Waals surface area contributed by atoms with E-state index in [1.54, 1.807) is 0 Å². The first-order valence-corrected chi connectivity index (χ1v) is 6.27. The number of anilines is 1. The number of rotatable bonds is 3. The fourth-order valence-corrected chi connectivity index (χ4v) is 2.11. The Morgan fingerprint density at radius 3 is 3.26 bits per heavy atom. The lowest BCUT2D eigenvalue weighted by atomic mass is 10.1. The zero-order chi connectivity index (χ0) is 13.2. The first kappa shape index (κ1) is 11.7. The number of carbonyl (C=O) groups excluding carboxylic acids is 1. The van der Waals surface area contributed by atoms with Crippen LogP contribution in [-0.2, 0) is 6.42 Å². The summed E-state index contributed by atoms with van der Waals surface area (Å²) in [4.78, 5) is 15.7. The van der Waals surface area contributed by atoms with Crippen LogP contribution in [0.4, 0.5) is 5.69 Å². The number of carbonyl (C=O) groups is 1. The van der Waals surface area contributed by atoms with E-state index in [2.05, 4.69) is 20.8 Å². The molecule has 6 nitrogen and oxygen atoms in total. The largest absolute Gasteiger partial charge is 0.384 e. The maximum absolute atomic E-state index is 11.6. The Bertz CT molecular complexity index is 621. The van der Waals surface area contributed by atoms with Gasteiger partial charge in [0.15, 0.2) is 0 Å². The number of benzene rings is 1. The minimum absolute atomic E-state index is 0.0653. The standard InChI is InChI=1S/C13H14N4O2/c1-2-14-12(18)11-16-13(19-17-11)9-3-4-10-8(7-9)5-6-15-10/h3-4,7,15H,2,5-6H2,1H3,(H,14,18). The molecule has 19 heavy (non-hydrogen) atoms. The highest BCUT2D eigenvalue weighted by Gasteiger charge is 2.17. The average molecular weight is 258 g/mol. The summed E-state index contributed by atoms with van der Waals surface area (Å²) in [7, 11) is 0. The Morgan fingerprint density at radius 1 is 1.53 bits per heavy atom. The van der Waals surface area contributed by atoms with Crippen molar-refractivity contribution in [3.63, 3.8) is 0 Å². The van der Waals surface area contributed by atoms with Crippen LogP contribution < -0.4 is 10.6 Å². The summed E-state index contributed by atoms with van der Waals surface area (Å²) in [5.41, 5.74) is 3.22. The Kier molecular flexibility index (Phi) is 2.91. The lowest BCUT2D eigenvalue weighted by Gasteiger charge is -2.00. The van der Waals surface area contributed by atoms with Crippen molar-refractivity contribution < 1.29 is 9.32 Å². The number of amides is 1. The van der Waals surface area contributed by atoms with Crippen molar-refractivity contribution in [1.82, 2.24) is 15.5 Å². The van der Waals surface area contributed by atoms with Gasteiger partial charge in [0.25, 0.3) is 17.6 Å². The molecular formula is C13H14N4O2. The van der Waals surface area contributed by atoms with Gasteiger partial charge in [0.2, 0.25) is 0 Å². The maximum Gasteiger partial charge on any atom is 0.292 e. The Hall–Kier alpha value is -2.37. The molecule has 0 unspecified atom stereocenters. The van der Waals surface area contributed by atoms with Crippen LogP contribution in [-0.4, -0.2) is 29.1 Å². The van der Waals surface area contributed by atoms with Crippen LogP contribution in [0.2, 0.25) is 0 Å². The molecule has 2 heterocycles. The van der Waals surface area contributed by atoms with Crippen molar-refractivity contribution in [2.75, 3.05) is 18.4 Å². The van der Waals surface area contributed by atoms with Gasteiger partial charge in [-0.25, -0.2) is 0 Å². The fraction of sp³-hybridized carbons (Fsp3) is 0.308. The van der Waals surface area contributed by atoms with E-state index in [1.807, 2.05) is 25.1 Å². The molecule has 1 aromatic heterocycles. The molecule has 0 spiro atoms. The Balaban J connectivity index is 1.88. The van der Waals surface area contributed by atoms with Crippen molar-refractivity contribution in [3.05, 3.63) is 29.6 Å². The van der Waals surface area contributed by atoms with Gasteiger partial charge in [-0.1, -0.05) is 5.16 Å². The quantitative estimate of drug-likeness (QED) is 0.871. The minimum Gasteiger partial charge on any atom is -0.384 e. The van der Waals surface area contributed by atoms with E-state index >= 15 is 0 Å². The monoisotopic (exact) mass is 258 g/mol. The van der Waals surface area contributed by atoms with Crippen LogP contribution >= 0.6 is 0 Å². The molecule has 2 aromatic rings. The SMILES string of the molecule is CCNC(=O)c1noc(-c2ccc3c(c2)CCN3)n1. The molecule has 1 aliphatic heterocycles. The lowest BCUT2D eigenvalue weighted by Crippen LogP contribution is -2.23. The van der Waals surface area contributed by atoms with Crippen LogP contribution in [0, 0.1) is 0 Å². The van der Waals surface area contributed by atoms with Crippen molar-refractivity contribution in [3.8, 4) is 11.5 Å². The van der Waals surface area contributed by atoms with Gasteiger partial charge in [-0.3, -0.25) is 4.79 Å². The van der Waals surface area contributed by atoms with Gasteiger partial charge >= 0.3 is 0 Å². The first-order chi connectivity index (χ1) is 9.28. The zero-order valence-electron chi connectivity index (χ0n) is 10.6. The summed E-state index contributed by atoms with van der Waals surface area (Å²) in [6, 6.07) is 5.92. The molecule has 0 fully saturated rings. The van der Waals surface area contributed by atoms with Gasteiger partial charge in [0.1, 0.15) is 0 Å². The van der Waals surface area contributed by atoms with Gasteiger partial charge < -0.3 is 15.2 Å². The van der Waals surface area contributed by atoms with Gasteiger partial charge in [-0.15, -0.1) is 0 Å². The number of hydrogen-bond donors (Lipinski definition) is 2. The highest BCUT2D eigenvalue weighted by molar-refractivity contribution is 5.90. The van der Waals surface area contributed by atoms with E-state index < -0.39 is 0 Å². The molecule has 3 rings (SSSR count). The van der Waals surface area contributed by atoms with Crippen LogP contribution in [0.15, 0.2) is 22.7 Å². The smallest absolute Gasteiger partial charge is 0.292 e. The van der Waals surface area contributed by atoms with E-state index in [0.717, 1.165) is 24.2 Å². The van der Waals surface area contributed by atoms with E-state index in [9.17, 15) is 4.79 Å². The van der Waals surface area contributed by atoms with Crippen molar-refractivity contribution in [2.24, 2.45) is 0 Å². The Morgan fingerprint density at radius 2 is 2.42 bits per heavy atom. The normalized spacial score (nSPS) is 12.9. The Labute approximate surface area is 110 Å². The molecule has 0 saturated heterocycles. The number of nitrogens with zero attached hydrogens (tertiary/aromatic N) is 2. The van der Waals surface area contributed by atoms with Gasteiger partial charge in [-0.05, 0) is 37.1 Å². The maximum atomic E-state index is 11.6. The van der Waals surface area contributed by atoms with E-state index in [4.69, 9.17) is 4.52 Å². The molecule has 0 bridgehead atoms. The van der Waals surface area contributed by atoms with Crippen LogP contribution in [0.1, 0.15) is 23.1 Å². The number of fused-ring (bicyclic) bond motifs is 1. The van der Waals surface area contributed by atoms with Gasteiger partial charge in [0.05, 0.1) is 0 Å². The van der Waals surface area contributed by atoms with Crippen molar-refractivity contribution in [2.45, 2.75) is 13.3 Å². The second kappa shape index (κ2) is 4.72. The molecule has 6 heteroatoms. The van der Waals surface area contributed by atoms with E-state index in [0.29, 0.717) is 12.4 Å². The first-order valence-electron chi connectivity index (χ1n) is 6.27. The summed E-state index contributed by atoms with van der Waals surface area (Å²) in [6.45, 7) is 3.33. The summed E-state index contributed by atoms with van der Waals surface area (Å²) in [5.74, 6) is 0.117. The molecule has 0 atom stereocenters. The third-order valence-corrected chi connectivity index (χ3v) is 3.03. The third-order valence-electron chi connectivity index (χ3n) is 3.03. The summed E-state index contributed by atoms with van der Waals surface area (Å²) in [6.07, 6.45) is 0.987. The lowest BCUT2D eigenvalue weighted by molar-refractivity contribution is 0.0942. The highest BCUT2D eigenvalue weighted by Crippen LogP contribution is 2.27. The topological polar surface area (TPSA) is 80.0 Å².